The van der Waals surface area contributed by atoms with Gasteiger partial charge in [0.15, 0.2) is 6.23 Å². The van der Waals surface area contributed by atoms with Crippen LogP contribution >= 0.6 is 0 Å². The Bertz CT molecular complexity index is 711. The normalized spacial score (nSPS) is 32.9. The second-order valence-corrected chi connectivity index (χ2v) is 5.23. The van der Waals surface area contributed by atoms with Crippen LogP contribution in [0.2, 0.25) is 0 Å². The molecule has 1 aliphatic heterocycles. The highest BCUT2D eigenvalue weighted by molar-refractivity contribution is 5.74. The second kappa shape index (κ2) is 4.92. The van der Waals surface area contributed by atoms with Crippen LogP contribution < -0.4 is 5.56 Å². The lowest BCUT2D eigenvalue weighted by molar-refractivity contribution is -0.118. The van der Waals surface area contributed by atoms with E-state index in [2.05, 4.69) is 9.97 Å². The number of ether oxygens (including phenoxy) is 2. The zero-order valence-electron chi connectivity index (χ0n) is 11.7. The van der Waals surface area contributed by atoms with Crippen molar-refractivity contribution in [1.82, 2.24) is 14.5 Å². The van der Waals surface area contributed by atoms with Crippen LogP contribution in [-0.2, 0) is 9.47 Å². The highest BCUT2D eigenvalue weighted by Gasteiger charge is 2.54. The minimum atomic E-state index is -1.07. The molecule has 3 rings (SSSR count). The number of nitrogens with one attached hydrogen (secondary N) is 1. The molecule has 0 aliphatic carbocycles. The van der Waals surface area contributed by atoms with Crippen LogP contribution in [0.1, 0.15) is 13.2 Å². The zero-order valence-corrected chi connectivity index (χ0v) is 11.7. The van der Waals surface area contributed by atoms with Crippen LogP contribution in [0.5, 0.6) is 0 Å². The van der Waals surface area contributed by atoms with Gasteiger partial charge < -0.3 is 29.2 Å². The molecule has 0 bridgehead atoms. The lowest BCUT2D eigenvalue weighted by Crippen LogP contribution is -2.46. The molecule has 0 saturated carbocycles. The Morgan fingerprint density at radius 2 is 2.38 bits per heavy atom. The lowest BCUT2D eigenvalue weighted by Gasteiger charge is -2.31. The van der Waals surface area contributed by atoms with E-state index >= 15 is 0 Å². The third-order valence-electron chi connectivity index (χ3n) is 4.12. The molecule has 0 amide bonds. The summed E-state index contributed by atoms with van der Waals surface area (Å²) in [5, 5.41) is 20.0. The quantitative estimate of drug-likeness (QED) is 0.696. The number of hydrogen-bond donors (Lipinski definition) is 3. The van der Waals surface area contributed by atoms with Gasteiger partial charge in [0.2, 0.25) is 0 Å². The van der Waals surface area contributed by atoms with Gasteiger partial charge in [0.1, 0.15) is 23.5 Å². The molecule has 8 heteroatoms. The fourth-order valence-electron chi connectivity index (χ4n) is 2.77. The van der Waals surface area contributed by atoms with Gasteiger partial charge in [-0.1, -0.05) is 0 Å². The van der Waals surface area contributed by atoms with Gasteiger partial charge in [0.05, 0.1) is 18.3 Å². The van der Waals surface area contributed by atoms with Crippen molar-refractivity contribution in [3.05, 3.63) is 28.9 Å². The van der Waals surface area contributed by atoms with Crippen LogP contribution in [0, 0.1) is 0 Å². The summed E-state index contributed by atoms with van der Waals surface area (Å²) >= 11 is 0. The van der Waals surface area contributed by atoms with Crippen LogP contribution in [0.15, 0.2) is 23.4 Å². The van der Waals surface area contributed by atoms with E-state index in [4.69, 9.17) is 9.47 Å². The number of aliphatic hydroxyl groups excluding tert-OH is 2. The fraction of sp³-hybridized carbons (Fsp3) is 0.538. The van der Waals surface area contributed by atoms with Crippen LogP contribution in [-0.4, -0.2) is 56.3 Å². The summed E-state index contributed by atoms with van der Waals surface area (Å²) in [6, 6.07) is 1.62. The van der Waals surface area contributed by atoms with Gasteiger partial charge in [-0.05, 0) is 13.0 Å². The van der Waals surface area contributed by atoms with Gasteiger partial charge >= 0.3 is 0 Å². The first-order valence-corrected chi connectivity index (χ1v) is 6.56. The Labute approximate surface area is 119 Å². The van der Waals surface area contributed by atoms with Crippen molar-refractivity contribution in [3.8, 4) is 0 Å². The van der Waals surface area contributed by atoms with E-state index in [9.17, 15) is 15.0 Å². The van der Waals surface area contributed by atoms with E-state index in [1.54, 1.807) is 23.8 Å². The standard InChI is InChI=1S/C13H17N3O5/c1-13(20-2)9(18)8(5-17)21-12(13)16-4-3-7-10(16)14-6-15-11(7)19/h3-4,6,8-9,12,17-18H,5H2,1-2H3,(H,14,15,19)/t8-,9-,12-,13+/m1/s1. The Balaban J connectivity index is 2.13. The molecule has 0 radical (unpaired) electrons. The topological polar surface area (TPSA) is 110 Å². The Hall–Kier alpha value is -1.74. The molecule has 0 spiro atoms. The number of hydrogen-bond acceptors (Lipinski definition) is 6. The Kier molecular flexibility index (Phi) is 3.33. The van der Waals surface area contributed by atoms with E-state index in [0.29, 0.717) is 11.0 Å². The van der Waals surface area contributed by atoms with Crippen LogP contribution in [0.25, 0.3) is 11.0 Å². The monoisotopic (exact) mass is 295 g/mol. The predicted molar refractivity (Wildman–Crippen MR) is 72.8 cm³/mol. The summed E-state index contributed by atoms with van der Waals surface area (Å²) < 4.78 is 12.8. The van der Waals surface area contributed by atoms with Crippen molar-refractivity contribution < 1.29 is 19.7 Å². The van der Waals surface area contributed by atoms with Crippen LogP contribution in [0.4, 0.5) is 0 Å². The second-order valence-electron chi connectivity index (χ2n) is 5.23. The number of aliphatic hydroxyl groups is 2. The van der Waals surface area contributed by atoms with Crippen molar-refractivity contribution >= 4 is 11.0 Å². The molecular weight excluding hydrogens is 278 g/mol. The van der Waals surface area contributed by atoms with Gasteiger partial charge in [-0.25, -0.2) is 4.98 Å². The van der Waals surface area contributed by atoms with Gasteiger partial charge in [0, 0.05) is 13.3 Å². The smallest absolute Gasteiger partial charge is 0.260 e. The number of aromatic nitrogens is 3. The summed E-state index contributed by atoms with van der Waals surface area (Å²) in [6.45, 7) is 1.36. The fourth-order valence-corrected chi connectivity index (χ4v) is 2.77. The minimum absolute atomic E-state index is 0.255. The van der Waals surface area contributed by atoms with Gasteiger partial charge in [-0.2, -0.15) is 0 Å². The van der Waals surface area contributed by atoms with Crippen molar-refractivity contribution in [2.45, 2.75) is 31.0 Å². The molecule has 1 fully saturated rings. The van der Waals surface area contributed by atoms with Crippen molar-refractivity contribution in [2.75, 3.05) is 13.7 Å². The van der Waals surface area contributed by atoms with Gasteiger partial charge in [-0.3, -0.25) is 4.79 Å². The molecule has 114 valence electrons. The minimum Gasteiger partial charge on any atom is -0.394 e. The molecule has 8 nitrogen and oxygen atoms in total. The predicted octanol–water partition coefficient (Wildman–Crippen LogP) is -0.620. The van der Waals surface area contributed by atoms with E-state index in [0.717, 1.165) is 0 Å². The number of methoxy groups -OCH3 is 1. The Morgan fingerprint density at radius 3 is 3.05 bits per heavy atom. The highest BCUT2D eigenvalue weighted by atomic mass is 16.6. The summed E-state index contributed by atoms with van der Waals surface area (Å²) in [7, 11) is 1.46. The SMILES string of the molecule is CO[C@@]1(C)[C@H](O)[C@@H](CO)O[C@H]1n1ccc2c(=O)[nH]cnc21. The summed E-state index contributed by atoms with van der Waals surface area (Å²) in [5.74, 6) is 0. The molecule has 0 unspecified atom stereocenters. The molecule has 2 aromatic heterocycles. The molecule has 4 atom stereocenters. The van der Waals surface area contributed by atoms with E-state index < -0.39 is 24.0 Å². The molecule has 0 aromatic carbocycles. The van der Waals surface area contributed by atoms with E-state index in [-0.39, 0.29) is 12.2 Å². The van der Waals surface area contributed by atoms with Crippen molar-refractivity contribution in [1.29, 1.82) is 0 Å². The maximum Gasteiger partial charge on any atom is 0.260 e. The molecular formula is C13H17N3O5. The summed E-state index contributed by atoms with van der Waals surface area (Å²) in [5.41, 5.74) is -0.892. The third kappa shape index (κ3) is 1.91. The van der Waals surface area contributed by atoms with Crippen molar-refractivity contribution in [2.24, 2.45) is 0 Å². The average molecular weight is 295 g/mol. The molecule has 3 N–H and O–H groups in total. The first-order chi connectivity index (χ1) is 10.0. The van der Waals surface area contributed by atoms with Crippen LogP contribution in [0.3, 0.4) is 0 Å². The number of aromatic amines is 1. The summed E-state index contributed by atoms with van der Waals surface area (Å²) in [6.07, 6.45) is 0.486. The molecule has 1 aliphatic rings. The first-order valence-electron chi connectivity index (χ1n) is 6.56. The number of fused-ring (bicyclic) bond motifs is 1. The van der Waals surface area contributed by atoms with E-state index in [1.807, 2.05) is 0 Å². The van der Waals surface area contributed by atoms with Crippen molar-refractivity contribution in [3.63, 3.8) is 0 Å². The maximum absolute atomic E-state index is 11.8. The van der Waals surface area contributed by atoms with Gasteiger partial charge in [-0.15, -0.1) is 0 Å². The number of rotatable bonds is 3. The Morgan fingerprint density at radius 1 is 1.62 bits per heavy atom. The molecule has 2 aromatic rings. The average Bonchev–Trinajstić information content (AvgIpc) is 3.01. The largest absolute Gasteiger partial charge is 0.394 e. The van der Waals surface area contributed by atoms with E-state index in [1.165, 1.54) is 13.4 Å². The molecule has 21 heavy (non-hydrogen) atoms. The first kappa shape index (κ1) is 14.2. The van der Waals surface area contributed by atoms with Gasteiger partial charge in [0.25, 0.3) is 5.56 Å². The highest BCUT2D eigenvalue weighted by Crippen LogP contribution is 2.41. The molecule has 3 heterocycles. The maximum atomic E-state index is 11.8. The third-order valence-corrected chi connectivity index (χ3v) is 4.12. The summed E-state index contributed by atoms with van der Waals surface area (Å²) in [4.78, 5) is 18.4. The molecule has 1 saturated heterocycles. The zero-order chi connectivity index (χ0) is 15.2. The number of nitrogens with zero attached hydrogens (tertiary/aromatic N) is 2. The lowest BCUT2D eigenvalue weighted by atomic mass is 9.96. The number of H-pyrrole nitrogens is 1.